The molecule has 26 heavy (non-hydrogen) atoms. The predicted octanol–water partition coefficient (Wildman–Crippen LogP) is 1.60. The Hall–Kier alpha value is -2.54. The van der Waals surface area contributed by atoms with Crippen LogP contribution in [-0.4, -0.2) is 53.9 Å². The molecule has 3 heterocycles. The minimum Gasteiger partial charge on any atom is -0.493 e. The zero-order chi connectivity index (χ0) is 18.3. The number of aryl methyl sites for hydroxylation is 1. The Balaban J connectivity index is 1.53. The molecular weight excluding hydrogens is 332 g/mol. The zero-order valence-electron chi connectivity index (χ0n) is 15.4. The lowest BCUT2D eigenvalue weighted by atomic mass is 9.97. The summed E-state index contributed by atoms with van der Waals surface area (Å²) in [5, 5.41) is 4.18. The molecule has 138 valence electrons. The van der Waals surface area contributed by atoms with Crippen molar-refractivity contribution >= 4 is 11.6 Å². The number of ether oxygens (including phenoxy) is 2. The molecule has 2 aliphatic rings. The number of benzene rings is 1. The van der Waals surface area contributed by atoms with E-state index in [1.807, 2.05) is 24.2 Å². The molecule has 0 radical (unpaired) electrons. The second kappa shape index (κ2) is 6.64. The van der Waals surface area contributed by atoms with Gasteiger partial charge in [0, 0.05) is 32.9 Å². The van der Waals surface area contributed by atoms with Gasteiger partial charge in [0.05, 0.1) is 32.1 Å². The molecular formula is C19H24N4O3. The highest BCUT2D eigenvalue weighted by molar-refractivity contribution is 5.99. The first-order chi connectivity index (χ1) is 12.6. The molecule has 0 unspecified atom stereocenters. The Morgan fingerprint density at radius 3 is 2.50 bits per heavy atom. The summed E-state index contributed by atoms with van der Waals surface area (Å²) in [4.78, 5) is 17.1. The van der Waals surface area contributed by atoms with Crippen molar-refractivity contribution in [2.24, 2.45) is 7.05 Å². The van der Waals surface area contributed by atoms with Crippen molar-refractivity contribution in [1.29, 1.82) is 0 Å². The van der Waals surface area contributed by atoms with Crippen LogP contribution in [0.5, 0.6) is 11.5 Å². The van der Waals surface area contributed by atoms with Gasteiger partial charge in [0.25, 0.3) is 0 Å². The summed E-state index contributed by atoms with van der Waals surface area (Å²) < 4.78 is 12.6. The van der Waals surface area contributed by atoms with Gasteiger partial charge in [-0.3, -0.25) is 14.4 Å². The molecule has 7 heteroatoms. The Morgan fingerprint density at radius 1 is 1.12 bits per heavy atom. The van der Waals surface area contributed by atoms with Gasteiger partial charge >= 0.3 is 0 Å². The van der Waals surface area contributed by atoms with Crippen LogP contribution in [0.2, 0.25) is 0 Å². The minimum atomic E-state index is -0.0727. The topological polar surface area (TPSA) is 59.8 Å². The van der Waals surface area contributed by atoms with Crippen LogP contribution in [0.25, 0.3) is 0 Å². The highest BCUT2D eigenvalue weighted by Crippen LogP contribution is 2.35. The summed E-state index contributed by atoms with van der Waals surface area (Å²) >= 11 is 0. The lowest BCUT2D eigenvalue weighted by molar-refractivity contribution is -0.122. The molecule has 0 spiro atoms. The number of hydrogen-bond donors (Lipinski definition) is 0. The predicted molar refractivity (Wildman–Crippen MR) is 97.6 cm³/mol. The van der Waals surface area contributed by atoms with E-state index in [0.29, 0.717) is 0 Å². The molecule has 1 atom stereocenters. The van der Waals surface area contributed by atoms with Gasteiger partial charge in [-0.05, 0) is 36.1 Å². The Labute approximate surface area is 153 Å². The Kier molecular flexibility index (Phi) is 4.32. The molecule has 0 saturated carbocycles. The van der Waals surface area contributed by atoms with Gasteiger partial charge < -0.3 is 14.4 Å². The second-order valence-electron chi connectivity index (χ2n) is 6.86. The third-order valence-electron chi connectivity index (χ3n) is 5.37. The minimum absolute atomic E-state index is 0.0727. The van der Waals surface area contributed by atoms with E-state index in [4.69, 9.17) is 9.47 Å². The summed E-state index contributed by atoms with van der Waals surface area (Å²) in [6.07, 6.45) is 5.40. The summed E-state index contributed by atoms with van der Waals surface area (Å²) in [7, 11) is 5.17. The standard InChI is InChI=1S/C19H24N4O3/c1-21-12-15(10-20-21)23-7-5-16(19(23)24)22-6-4-13-8-17(25-2)18(26-3)9-14(13)11-22/h8-10,12,16H,4-7,11H2,1-3H3/t16-/m1/s1. The van der Waals surface area contributed by atoms with Crippen LogP contribution in [-0.2, 0) is 24.8 Å². The maximum atomic E-state index is 13.0. The fraction of sp³-hybridized carbons (Fsp3) is 0.474. The van der Waals surface area contributed by atoms with E-state index in [0.717, 1.165) is 49.7 Å². The molecule has 7 nitrogen and oxygen atoms in total. The number of carbonyl (C=O) groups excluding carboxylic acids is 1. The van der Waals surface area contributed by atoms with E-state index in [1.54, 1.807) is 25.1 Å². The quantitative estimate of drug-likeness (QED) is 0.833. The fourth-order valence-corrected chi connectivity index (χ4v) is 3.98. The number of amides is 1. The summed E-state index contributed by atoms with van der Waals surface area (Å²) in [5.41, 5.74) is 3.36. The van der Waals surface area contributed by atoms with Crippen molar-refractivity contribution in [3.63, 3.8) is 0 Å². The number of rotatable bonds is 4. The molecule has 1 aromatic carbocycles. The van der Waals surface area contributed by atoms with Gasteiger partial charge in [0.1, 0.15) is 0 Å². The average molecular weight is 356 g/mol. The maximum Gasteiger partial charge on any atom is 0.244 e. The van der Waals surface area contributed by atoms with Crippen molar-refractivity contribution < 1.29 is 14.3 Å². The van der Waals surface area contributed by atoms with Crippen molar-refractivity contribution in [1.82, 2.24) is 14.7 Å². The molecule has 0 aliphatic carbocycles. The van der Waals surface area contributed by atoms with Gasteiger partial charge in [-0.2, -0.15) is 5.10 Å². The highest BCUT2D eigenvalue weighted by atomic mass is 16.5. The summed E-state index contributed by atoms with van der Waals surface area (Å²) in [5.74, 6) is 1.67. The fourth-order valence-electron chi connectivity index (χ4n) is 3.98. The van der Waals surface area contributed by atoms with E-state index in [9.17, 15) is 4.79 Å². The molecule has 0 N–H and O–H groups in total. The van der Waals surface area contributed by atoms with E-state index in [2.05, 4.69) is 16.1 Å². The number of anilines is 1. The van der Waals surface area contributed by atoms with Gasteiger partial charge in [0.2, 0.25) is 5.91 Å². The number of methoxy groups -OCH3 is 2. The average Bonchev–Trinajstić information content (AvgIpc) is 3.25. The van der Waals surface area contributed by atoms with E-state index in [1.165, 1.54) is 11.1 Å². The first kappa shape index (κ1) is 16.9. The van der Waals surface area contributed by atoms with Gasteiger partial charge in [-0.25, -0.2) is 0 Å². The molecule has 2 aromatic rings. The second-order valence-corrected chi connectivity index (χ2v) is 6.86. The van der Waals surface area contributed by atoms with Gasteiger partial charge in [-0.1, -0.05) is 0 Å². The molecule has 1 fully saturated rings. The SMILES string of the molecule is COc1cc2c(cc1OC)CN([C@@H]1CCN(c3cnn(C)c3)C1=O)CC2. The van der Waals surface area contributed by atoms with Crippen LogP contribution >= 0.6 is 0 Å². The number of carbonyl (C=O) groups is 1. The number of aromatic nitrogens is 2. The number of hydrogen-bond acceptors (Lipinski definition) is 5. The van der Waals surface area contributed by atoms with Crippen molar-refractivity contribution in [3.05, 3.63) is 35.7 Å². The van der Waals surface area contributed by atoms with E-state index in [-0.39, 0.29) is 11.9 Å². The number of nitrogens with zero attached hydrogens (tertiary/aromatic N) is 4. The summed E-state index contributed by atoms with van der Waals surface area (Å²) in [6.45, 7) is 2.37. The zero-order valence-corrected chi connectivity index (χ0v) is 15.4. The first-order valence-electron chi connectivity index (χ1n) is 8.88. The smallest absolute Gasteiger partial charge is 0.244 e. The molecule has 2 aliphatic heterocycles. The lowest BCUT2D eigenvalue weighted by Gasteiger charge is -2.33. The van der Waals surface area contributed by atoms with E-state index >= 15 is 0 Å². The van der Waals surface area contributed by atoms with Crippen molar-refractivity contribution in [2.45, 2.75) is 25.4 Å². The van der Waals surface area contributed by atoms with E-state index < -0.39 is 0 Å². The van der Waals surface area contributed by atoms with Crippen LogP contribution in [0.4, 0.5) is 5.69 Å². The monoisotopic (exact) mass is 356 g/mol. The first-order valence-corrected chi connectivity index (χ1v) is 8.88. The molecule has 1 aromatic heterocycles. The summed E-state index contributed by atoms with van der Waals surface area (Å²) in [6, 6.07) is 4.03. The molecule has 1 saturated heterocycles. The van der Waals surface area contributed by atoms with Crippen LogP contribution in [0.1, 0.15) is 17.5 Å². The maximum absolute atomic E-state index is 13.0. The third kappa shape index (κ3) is 2.82. The lowest BCUT2D eigenvalue weighted by Crippen LogP contribution is -2.44. The van der Waals surface area contributed by atoms with Crippen molar-refractivity contribution in [2.75, 3.05) is 32.2 Å². The normalized spacial score (nSPS) is 20.3. The van der Waals surface area contributed by atoms with Gasteiger partial charge in [0.15, 0.2) is 11.5 Å². The van der Waals surface area contributed by atoms with Crippen molar-refractivity contribution in [3.8, 4) is 11.5 Å². The number of fused-ring (bicyclic) bond motifs is 1. The Morgan fingerprint density at radius 2 is 1.85 bits per heavy atom. The largest absolute Gasteiger partial charge is 0.493 e. The molecule has 1 amide bonds. The van der Waals surface area contributed by atoms with Crippen LogP contribution in [0.3, 0.4) is 0 Å². The Bertz CT molecular complexity index is 832. The molecule has 4 rings (SSSR count). The van der Waals surface area contributed by atoms with Crippen LogP contribution in [0.15, 0.2) is 24.5 Å². The molecule has 0 bridgehead atoms. The highest BCUT2D eigenvalue weighted by Gasteiger charge is 2.38. The third-order valence-corrected chi connectivity index (χ3v) is 5.37. The van der Waals surface area contributed by atoms with Crippen LogP contribution < -0.4 is 14.4 Å². The van der Waals surface area contributed by atoms with Gasteiger partial charge in [-0.15, -0.1) is 0 Å². The van der Waals surface area contributed by atoms with Crippen LogP contribution in [0, 0.1) is 0 Å².